The third-order valence-electron chi connectivity index (χ3n) is 4.97. The lowest BCUT2D eigenvalue weighted by atomic mass is 9.92. The lowest BCUT2D eigenvalue weighted by molar-refractivity contribution is 0.0771. The van der Waals surface area contributed by atoms with E-state index in [1.54, 1.807) is 0 Å². The molecule has 3 nitrogen and oxygen atoms in total. The summed E-state index contributed by atoms with van der Waals surface area (Å²) in [4.78, 5) is 14.8. The monoisotopic (exact) mass is 323 g/mol. The summed E-state index contributed by atoms with van der Waals surface area (Å²) in [7, 11) is 0. The number of hydrogen-bond acceptors (Lipinski definition) is 2. The highest BCUT2D eigenvalue weighted by Crippen LogP contribution is 2.25. The summed E-state index contributed by atoms with van der Waals surface area (Å²) < 4.78 is 0. The van der Waals surface area contributed by atoms with Crippen LogP contribution in [0.5, 0.6) is 5.75 Å². The van der Waals surface area contributed by atoms with Gasteiger partial charge in [-0.25, -0.2) is 0 Å². The van der Waals surface area contributed by atoms with Crippen molar-refractivity contribution in [3.8, 4) is 5.75 Å². The molecule has 126 valence electrons. The molecule has 0 aliphatic heterocycles. The van der Waals surface area contributed by atoms with Crippen molar-refractivity contribution in [3.05, 3.63) is 64.2 Å². The molecule has 4 bridgehead atoms. The van der Waals surface area contributed by atoms with Gasteiger partial charge in [-0.15, -0.1) is 0 Å². The fourth-order valence-electron chi connectivity index (χ4n) is 3.41. The molecule has 0 saturated heterocycles. The number of carbonyl (C=O) groups excluding carboxylic acids is 1. The Morgan fingerprint density at radius 3 is 2.12 bits per heavy atom. The molecule has 4 aliphatic rings. The van der Waals surface area contributed by atoms with Crippen LogP contribution in [0.15, 0.2) is 36.4 Å². The van der Waals surface area contributed by atoms with Crippen LogP contribution in [0.1, 0.15) is 46.5 Å². The highest BCUT2D eigenvalue weighted by atomic mass is 16.3. The molecule has 2 aromatic rings. The molecule has 3 heteroatoms. The first-order valence-electron chi connectivity index (χ1n) is 8.84. The minimum Gasteiger partial charge on any atom is -0.508 e. The largest absolute Gasteiger partial charge is 0.508 e. The zero-order valence-corrected chi connectivity index (χ0v) is 14.5. The number of phenols is 1. The minimum absolute atomic E-state index is 0.118. The van der Waals surface area contributed by atoms with Crippen LogP contribution in [0.25, 0.3) is 0 Å². The van der Waals surface area contributed by atoms with E-state index >= 15 is 0 Å². The van der Waals surface area contributed by atoms with Gasteiger partial charge >= 0.3 is 0 Å². The third-order valence-corrected chi connectivity index (χ3v) is 4.97. The molecule has 4 aliphatic carbocycles. The fourth-order valence-corrected chi connectivity index (χ4v) is 3.41. The maximum Gasteiger partial charge on any atom is 0.254 e. The van der Waals surface area contributed by atoms with Crippen molar-refractivity contribution in [1.82, 2.24) is 4.90 Å². The van der Waals surface area contributed by atoms with Crippen LogP contribution in [0.3, 0.4) is 0 Å². The van der Waals surface area contributed by atoms with Crippen LogP contribution in [0.2, 0.25) is 0 Å². The molecule has 0 spiro atoms. The molecule has 0 atom stereocenters. The first-order chi connectivity index (χ1) is 11.6. The van der Waals surface area contributed by atoms with Gasteiger partial charge < -0.3 is 10.0 Å². The molecule has 24 heavy (non-hydrogen) atoms. The molecule has 0 saturated carbocycles. The van der Waals surface area contributed by atoms with E-state index in [0.29, 0.717) is 5.75 Å². The van der Waals surface area contributed by atoms with Crippen molar-refractivity contribution in [1.29, 1.82) is 0 Å². The summed E-state index contributed by atoms with van der Waals surface area (Å²) in [5.74, 6) is 0.492. The molecular weight excluding hydrogens is 298 g/mol. The lowest BCUT2D eigenvalue weighted by Crippen LogP contribution is -2.31. The summed E-state index contributed by atoms with van der Waals surface area (Å²) in [5.41, 5.74) is 5.16. The Bertz CT molecular complexity index is 747. The van der Waals surface area contributed by atoms with Gasteiger partial charge in [0, 0.05) is 18.7 Å². The number of amides is 1. The molecule has 0 unspecified atom stereocenters. The van der Waals surface area contributed by atoms with Gasteiger partial charge in [0.1, 0.15) is 5.75 Å². The van der Waals surface area contributed by atoms with Crippen LogP contribution in [-0.4, -0.2) is 29.0 Å². The number of nitrogens with zero attached hydrogens (tertiary/aromatic N) is 1. The highest BCUT2D eigenvalue weighted by molar-refractivity contribution is 5.96. The van der Waals surface area contributed by atoms with E-state index in [1.165, 1.54) is 5.56 Å². The predicted octanol–water partition coefficient (Wildman–Crippen LogP) is 3.76. The summed E-state index contributed by atoms with van der Waals surface area (Å²) in [6.45, 7) is 5.48. The summed E-state index contributed by atoms with van der Waals surface area (Å²) in [5, 5.41) is 10.2. The highest BCUT2D eigenvalue weighted by Gasteiger charge is 2.18. The number of carbonyl (C=O) groups is 1. The van der Waals surface area contributed by atoms with Gasteiger partial charge in [0.05, 0.1) is 0 Å². The van der Waals surface area contributed by atoms with E-state index in [0.717, 1.165) is 61.0 Å². The van der Waals surface area contributed by atoms with Gasteiger partial charge in [-0.1, -0.05) is 24.3 Å². The molecule has 1 N–H and O–H groups in total. The first-order valence-corrected chi connectivity index (χ1v) is 8.84. The average molecular weight is 323 g/mol. The van der Waals surface area contributed by atoms with E-state index in [2.05, 4.69) is 24.3 Å². The van der Waals surface area contributed by atoms with Crippen LogP contribution >= 0.6 is 0 Å². The fraction of sp³-hybridized carbons (Fsp3) is 0.381. The quantitative estimate of drug-likeness (QED) is 0.934. The van der Waals surface area contributed by atoms with Gasteiger partial charge in [-0.05, 0) is 73.9 Å². The molecule has 1 amide bonds. The van der Waals surface area contributed by atoms with E-state index < -0.39 is 0 Å². The predicted molar refractivity (Wildman–Crippen MR) is 96.6 cm³/mol. The number of benzene rings is 2. The van der Waals surface area contributed by atoms with Crippen molar-refractivity contribution >= 4 is 5.91 Å². The van der Waals surface area contributed by atoms with Crippen molar-refractivity contribution in [3.63, 3.8) is 0 Å². The maximum absolute atomic E-state index is 12.9. The maximum atomic E-state index is 12.9. The number of aryl methyl sites for hydroxylation is 4. The van der Waals surface area contributed by atoms with Gasteiger partial charge in [0.15, 0.2) is 0 Å². The number of rotatable bonds is 3. The average Bonchev–Trinajstić information content (AvgIpc) is 2.58. The minimum atomic E-state index is 0.118. The Morgan fingerprint density at radius 2 is 1.50 bits per heavy atom. The lowest BCUT2D eigenvalue weighted by Gasteiger charge is -2.21. The summed E-state index contributed by atoms with van der Waals surface area (Å²) >= 11 is 0. The molecular formula is C21H25NO2. The number of hydrogen-bond donors (Lipinski definition) is 1. The van der Waals surface area contributed by atoms with E-state index in [-0.39, 0.29) is 5.91 Å². The number of phenolic OH excluding ortho intramolecular Hbond substituents is 1. The van der Waals surface area contributed by atoms with Crippen molar-refractivity contribution in [2.45, 2.75) is 39.5 Å². The van der Waals surface area contributed by atoms with E-state index in [9.17, 15) is 9.90 Å². The second-order valence-electron chi connectivity index (χ2n) is 6.43. The Balaban J connectivity index is 2.00. The molecule has 0 heterocycles. The Kier molecular flexibility index (Phi) is 4.89. The van der Waals surface area contributed by atoms with Gasteiger partial charge in [-0.2, -0.15) is 0 Å². The summed E-state index contributed by atoms with van der Waals surface area (Å²) in [6, 6.07) is 12.3. The zero-order chi connectivity index (χ0) is 17.1. The van der Waals surface area contributed by atoms with E-state index in [4.69, 9.17) is 0 Å². The normalized spacial score (nSPS) is 13.4. The smallest absolute Gasteiger partial charge is 0.254 e. The number of aromatic hydroxyl groups is 1. The first kappa shape index (κ1) is 16.6. The zero-order valence-electron chi connectivity index (χ0n) is 14.5. The third kappa shape index (κ3) is 3.30. The van der Waals surface area contributed by atoms with Gasteiger partial charge in [0.25, 0.3) is 5.91 Å². The van der Waals surface area contributed by atoms with Crippen LogP contribution in [0.4, 0.5) is 0 Å². The van der Waals surface area contributed by atoms with Gasteiger partial charge in [0.2, 0.25) is 0 Å². The van der Waals surface area contributed by atoms with Crippen molar-refractivity contribution < 1.29 is 9.90 Å². The van der Waals surface area contributed by atoms with Crippen molar-refractivity contribution in [2.24, 2.45) is 0 Å². The van der Waals surface area contributed by atoms with Crippen molar-refractivity contribution in [2.75, 3.05) is 13.1 Å². The Labute approximate surface area is 143 Å². The van der Waals surface area contributed by atoms with Crippen LogP contribution in [-0.2, 0) is 25.7 Å². The van der Waals surface area contributed by atoms with Crippen LogP contribution < -0.4 is 0 Å². The van der Waals surface area contributed by atoms with Crippen LogP contribution in [0, 0.1) is 0 Å². The molecule has 6 rings (SSSR count). The second-order valence-corrected chi connectivity index (χ2v) is 6.43. The summed E-state index contributed by atoms with van der Waals surface area (Å²) in [6.07, 6.45) is 3.24. The standard InChI is InChI=1S/C21H25NO2/c1-3-22(4-2)21(24)19-13-15-5-6-16-8-10-18(20(23)14-16)12-11-17(19)9-7-15/h7-10,13-14,23H,3-6,11-12H2,1-2H3. The Hall–Kier alpha value is -2.29. The topological polar surface area (TPSA) is 40.5 Å². The van der Waals surface area contributed by atoms with E-state index in [1.807, 2.05) is 30.9 Å². The molecule has 0 radical (unpaired) electrons. The molecule has 2 aromatic carbocycles. The molecule has 0 fully saturated rings. The second kappa shape index (κ2) is 7.08. The SMILES string of the molecule is CCN(CC)C(=O)c1cc2ccc1CCc1ccc(cc1O)CC2. The molecule has 0 aromatic heterocycles. The Morgan fingerprint density at radius 1 is 0.917 bits per heavy atom. The van der Waals surface area contributed by atoms with Gasteiger partial charge in [-0.3, -0.25) is 4.79 Å².